The summed E-state index contributed by atoms with van der Waals surface area (Å²) >= 11 is 0. The number of anilines is 2. The summed E-state index contributed by atoms with van der Waals surface area (Å²) in [5, 5.41) is 5.91. The van der Waals surface area contributed by atoms with Crippen molar-refractivity contribution >= 4 is 17.4 Å². The summed E-state index contributed by atoms with van der Waals surface area (Å²) in [6.07, 6.45) is 1.86. The predicted octanol–water partition coefficient (Wildman–Crippen LogP) is 2.83. The molecule has 0 unspecified atom stereocenters. The maximum atomic E-state index is 13.0. The Morgan fingerprint density at radius 2 is 2.10 bits per heavy atom. The van der Waals surface area contributed by atoms with Crippen LogP contribution in [0.25, 0.3) is 0 Å². The van der Waals surface area contributed by atoms with Gasteiger partial charge in [0.2, 0.25) is 5.95 Å². The number of nitrogens with one attached hydrogen (secondary N) is 2. The minimum Gasteiger partial charge on any atom is -0.385 e. The fourth-order valence-corrected chi connectivity index (χ4v) is 2.38. The molecule has 0 bridgehead atoms. The number of benzene rings is 1. The molecule has 102 valence electrons. The summed E-state index contributed by atoms with van der Waals surface area (Å²) in [5.41, 5.74) is 2.62. The fourth-order valence-electron chi connectivity index (χ4n) is 2.38. The first-order valence-corrected chi connectivity index (χ1v) is 6.54. The summed E-state index contributed by atoms with van der Waals surface area (Å²) in [6.45, 7) is 0.920. The minimum absolute atomic E-state index is 0.219. The highest BCUT2D eigenvalue weighted by atomic mass is 19.1. The van der Waals surface area contributed by atoms with E-state index in [4.69, 9.17) is 0 Å². The molecular formula is C15H14FN3O. The molecule has 1 aromatic carbocycles. The zero-order valence-electron chi connectivity index (χ0n) is 10.8. The van der Waals surface area contributed by atoms with Crippen LogP contribution in [0.15, 0.2) is 36.4 Å². The number of hydrogen-bond donors (Lipinski definition) is 2. The third kappa shape index (κ3) is 2.47. The molecule has 0 spiro atoms. The molecule has 1 aliphatic heterocycles. The van der Waals surface area contributed by atoms with E-state index in [0.29, 0.717) is 5.56 Å². The van der Waals surface area contributed by atoms with Crippen LogP contribution in [0.5, 0.6) is 0 Å². The highest BCUT2D eigenvalue weighted by molar-refractivity contribution is 6.05. The molecular weight excluding hydrogens is 257 g/mol. The third-order valence-corrected chi connectivity index (χ3v) is 3.30. The standard InChI is InChI=1S/C15H14FN3O/c16-13-7-2-8-14(18-13)19-15(20)11-4-1-6-12-10(11)5-3-9-17-12/h1-2,4,6-8,17H,3,5,9H2,(H,18,19,20). The van der Waals surface area contributed by atoms with Crippen LogP contribution < -0.4 is 10.6 Å². The van der Waals surface area contributed by atoms with Gasteiger partial charge in [0, 0.05) is 17.8 Å². The predicted molar refractivity (Wildman–Crippen MR) is 75.4 cm³/mol. The molecule has 0 fully saturated rings. The molecule has 0 radical (unpaired) electrons. The molecule has 5 heteroatoms. The number of aromatic nitrogens is 1. The first kappa shape index (κ1) is 12.6. The van der Waals surface area contributed by atoms with Crippen molar-refractivity contribution < 1.29 is 9.18 Å². The van der Waals surface area contributed by atoms with Crippen molar-refractivity contribution in [1.29, 1.82) is 0 Å². The van der Waals surface area contributed by atoms with Crippen LogP contribution in [0.3, 0.4) is 0 Å². The van der Waals surface area contributed by atoms with Gasteiger partial charge in [-0.2, -0.15) is 4.39 Å². The van der Waals surface area contributed by atoms with Gasteiger partial charge in [0.15, 0.2) is 0 Å². The summed E-state index contributed by atoms with van der Waals surface area (Å²) in [7, 11) is 0. The number of amides is 1. The number of carbonyl (C=O) groups excluding carboxylic acids is 1. The van der Waals surface area contributed by atoms with Crippen molar-refractivity contribution in [3.8, 4) is 0 Å². The molecule has 1 aromatic heterocycles. The van der Waals surface area contributed by atoms with Gasteiger partial charge in [-0.25, -0.2) is 4.98 Å². The van der Waals surface area contributed by atoms with Crippen LogP contribution in [-0.2, 0) is 6.42 Å². The average Bonchev–Trinajstić information content (AvgIpc) is 2.46. The number of fused-ring (bicyclic) bond motifs is 1. The normalized spacial score (nSPS) is 13.2. The number of nitrogens with zero attached hydrogens (tertiary/aromatic N) is 1. The lowest BCUT2D eigenvalue weighted by Gasteiger charge is -2.20. The van der Waals surface area contributed by atoms with Crippen molar-refractivity contribution in [2.24, 2.45) is 0 Å². The summed E-state index contributed by atoms with van der Waals surface area (Å²) in [5.74, 6) is -0.653. The Bertz CT molecular complexity index is 657. The molecule has 0 saturated heterocycles. The summed E-state index contributed by atoms with van der Waals surface area (Å²) in [4.78, 5) is 15.9. The topological polar surface area (TPSA) is 54.0 Å². The van der Waals surface area contributed by atoms with Crippen LogP contribution in [0.1, 0.15) is 22.3 Å². The zero-order chi connectivity index (χ0) is 13.9. The number of pyridine rings is 1. The molecule has 2 N–H and O–H groups in total. The van der Waals surface area contributed by atoms with E-state index >= 15 is 0 Å². The lowest BCUT2D eigenvalue weighted by molar-refractivity contribution is 0.102. The van der Waals surface area contributed by atoms with Gasteiger partial charge in [-0.1, -0.05) is 12.1 Å². The van der Waals surface area contributed by atoms with Gasteiger partial charge in [-0.15, -0.1) is 0 Å². The second-order valence-corrected chi connectivity index (χ2v) is 4.66. The second kappa shape index (κ2) is 5.28. The zero-order valence-corrected chi connectivity index (χ0v) is 10.8. The van der Waals surface area contributed by atoms with Gasteiger partial charge in [-0.3, -0.25) is 4.79 Å². The summed E-state index contributed by atoms with van der Waals surface area (Å²) < 4.78 is 13.0. The third-order valence-electron chi connectivity index (χ3n) is 3.30. The Morgan fingerprint density at radius 1 is 1.25 bits per heavy atom. The fraction of sp³-hybridized carbons (Fsp3) is 0.200. The lowest BCUT2D eigenvalue weighted by Crippen LogP contribution is -2.19. The molecule has 1 amide bonds. The smallest absolute Gasteiger partial charge is 0.257 e. The maximum Gasteiger partial charge on any atom is 0.257 e. The van der Waals surface area contributed by atoms with Crippen LogP contribution in [0.4, 0.5) is 15.9 Å². The van der Waals surface area contributed by atoms with E-state index in [0.717, 1.165) is 30.6 Å². The molecule has 2 aromatic rings. The van der Waals surface area contributed by atoms with Crippen LogP contribution in [-0.4, -0.2) is 17.4 Å². The molecule has 0 aliphatic carbocycles. The van der Waals surface area contributed by atoms with Gasteiger partial charge < -0.3 is 10.6 Å². The van der Waals surface area contributed by atoms with E-state index in [-0.39, 0.29) is 11.7 Å². The van der Waals surface area contributed by atoms with E-state index in [1.807, 2.05) is 12.1 Å². The molecule has 20 heavy (non-hydrogen) atoms. The van der Waals surface area contributed by atoms with E-state index in [1.165, 1.54) is 12.1 Å². The lowest BCUT2D eigenvalue weighted by atomic mass is 9.97. The van der Waals surface area contributed by atoms with Crippen LogP contribution >= 0.6 is 0 Å². The molecule has 0 atom stereocenters. The number of carbonyl (C=O) groups is 1. The van der Waals surface area contributed by atoms with E-state index < -0.39 is 5.95 Å². The van der Waals surface area contributed by atoms with Crippen LogP contribution in [0, 0.1) is 5.95 Å². The molecule has 0 saturated carbocycles. The SMILES string of the molecule is O=C(Nc1cccc(F)n1)c1cccc2c1CCCN2. The quantitative estimate of drug-likeness (QED) is 0.826. The molecule has 2 heterocycles. The van der Waals surface area contributed by atoms with E-state index in [2.05, 4.69) is 15.6 Å². The van der Waals surface area contributed by atoms with Crippen molar-refractivity contribution in [2.45, 2.75) is 12.8 Å². The van der Waals surface area contributed by atoms with E-state index in [1.54, 1.807) is 12.1 Å². The molecule has 4 nitrogen and oxygen atoms in total. The van der Waals surface area contributed by atoms with Crippen LogP contribution in [0.2, 0.25) is 0 Å². The van der Waals surface area contributed by atoms with Gasteiger partial charge in [0.05, 0.1) is 0 Å². The Kier molecular flexibility index (Phi) is 3.33. The largest absolute Gasteiger partial charge is 0.385 e. The van der Waals surface area contributed by atoms with Crippen molar-refractivity contribution in [3.63, 3.8) is 0 Å². The van der Waals surface area contributed by atoms with E-state index in [9.17, 15) is 9.18 Å². The van der Waals surface area contributed by atoms with Gasteiger partial charge >= 0.3 is 0 Å². The first-order chi connectivity index (χ1) is 9.74. The number of halogens is 1. The van der Waals surface area contributed by atoms with Gasteiger partial charge in [0.1, 0.15) is 5.82 Å². The van der Waals surface area contributed by atoms with Crippen molar-refractivity contribution in [1.82, 2.24) is 4.98 Å². The Hall–Kier alpha value is -2.43. The van der Waals surface area contributed by atoms with Gasteiger partial charge in [-0.05, 0) is 42.7 Å². The van der Waals surface area contributed by atoms with Crippen molar-refractivity contribution in [2.75, 3.05) is 17.2 Å². The molecule has 1 aliphatic rings. The average molecular weight is 271 g/mol. The Labute approximate surface area is 116 Å². The minimum atomic E-state index is -0.612. The monoisotopic (exact) mass is 271 g/mol. The van der Waals surface area contributed by atoms with Gasteiger partial charge in [0.25, 0.3) is 5.91 Å². The highest BCUT2D eigenvalue weighted by Gasteiger charge is 2.17. The number of hydrogen-bond acceptors (Lipinski definition) is 3. The molecule has 3 rings (SSSR count). The second-order valence-electron chi connectivity index (χ2n) is 4.66. The van der Waals surface area contributed by atoms with Crippen molar-refractivity contribution in [3.05, 3.63) is 53.5 Å². The summed E-state index contributed by atoms with van der Waals surface area (Å²) in [6, 6.07) is 9.90. The Morgan fingerprint density at radius 3 is 2.95 bits per heavy atom. The maximum absolute atomic E-state index is 13.0. The Balaban J connectivity index is 1.88. The highest BCUT2D eigenvalue weighted by Crippen LogP contribution is 2.25. The first-order valence-electron chi connectivity index (χ1n) is 6.54. The number of rotatable bonds is 2.